The molecule has 0 saturated carbocycles. The molecule has 21 heavy (non-hydrogen) atoms. The van der Waals surface area contributed by atoms with E-state index < -0.39 is 6.10 Å². The van der Waals surface area contributed by atoms with Crippen LogP contribution in [0.2, 0.25) is 4.34 Å². The number of ether oxygens (including phenoxy) is 2. The smallest absolute Gasteiger partial charge is 0.191 e. The fourth-order valence-corrected chi connectivity index (χ4v) is 2.93. The lowest BCUT2D eigenvalue weighted by Crippen LogP contribution is -2.45. The summed E-state index contributed by atoms with van der Waals surface area (Å²) in [7, 11) is 1.68. The standard InChI is InChI=1S/C13H20ClN3O3S/c1-15-13(16-6-9-8-19-4-5-20-9)17-7-10(18)11-2-3-12(14)21-11/h2-3,9-10,18H,4-8H2,1H3,(H2,15,16,17). The summed E-state index contributed by atoms with van der Waals surface area (Å²) in [4.78, 5) is 4.93. The highest BCUT2D eigenvalue weighted by molar-refractivity contribution is 7.16. The van der Waals surface area contributed by atoms with Gasteiger partial charge in [-0.15, -0.1) is 11.3 Å². The summed E-state index contributed by atoms with van der Waals surface area (Å²) >= 11 is 7.23. The van der Waals surface area contributed by atoms with E-state index in [1.54, 1.807) is 13.1 Å². The number of guanidine groups is 1. The van der Waals surface area contributed by atoms with E-state index in [2.05, 4.69) is 15.6 Å². The van der Waals surface area contributed by atoms with Gasteiger partial charge in [-0.1, -0.05) is 11.6 Å². The van der Waals surface area contributed by atoms with Crippen LogP contribution in [0.1, 0.15) is 11.0 Å². The Morgan fingerprint density at radius 2 is 2.38 bits per heavy atom. The van der Waals surface area contributed by atoms with E-state index in [1.807, 2.05) is 6.07 Å². The molecule has 1 aromatic rings. The maximum absolute atomic E-state index is 10.1. The second kappa shape index (κ2) is 8.55. The van der Waals surface area contributed by atoms with Crippen LogP contribution < -0.4 is 10.6 Å². The Labute approximate surface area is 133 Å². The van der Waals surface area contributed by atoms with E-state index in [0.717, 1.165) is 4.88 Å². The SMILES string of the molecule is CN=C(NCC1COCCO1)NCC(O)c1ccc(Cl)s1. The van der Waals surface area contributed by atoms with E-state index in [4.69, 9.17) is 21.1 Å². The summed E-state index contributed by atoms with van der Waals surface area (Å²) in [5.74, 6) is 0.617. The molecular weight excluding hydrogens is 314 g/mol. The maximum Gasteiger partial charge on any atom is 0.191 e. The van der Waals surface area contributed by atoms with Crippen molar-refractivity contribution in [2.24, 2.45) is 4.99 Å². The minimum Gasteiger partial charge on any atom is -0.386 e. The molecular formula is C13H20ClN3O3S. The first-order valence-electron chi connectivity index (χ1n) is 6.76. The number of hydrogen-bond acceptors (Lipinski definition) is 5. The monoisotopic (exact) mass is 333 g/mol. The number of halogens is 1. The molecule has 0 amide bonds. The first kappa shape index (κ1) is 16.5. The average Bonchev–Trinajstić information content (AvgIpc) is 2.95. The first-order chi connectivity index (χ1) is 10.2. The second-order valence-corrected chi connectivity index (χ2v) is 6.31. The summed E-state index contributed by atoms with van der Waals surface area (Å²) in [5, 5.41) is 16.3. The molecule has 1 fully saturated rings. The van der Waals surface area contributed by atoms with Crippen LogP contribution in [0.25, 0.3) is 0 Å². The largest absolute Gasteiger partial charge is 0.386 e. The van der Waals surface area contributed by atoms with Crippen molar-refractivity contribution in [2.45, 2.75) is 12.2 Å². The van der Waals surface area contributed by atoms with Gasteiger partial charge in [0.15, 0.2) is 5.96 Å². The summed E-state index contributed by atoms with van der Waals surface area (Å²) < 4.78 is 11.5. The number of aliphatic imine (C=N–C) groups is 1. The molecule has 8 heteroatoms. The summed E-state index contributed by atoms with van der Waals surface area (Å²) in [6.45, 7) is 2.83. The van der Waals surface area contributed by atoms with E-state index in [1.165, 1.54) is 11.3 Å². The Balaban J connectivity index is 1.72. The van der Waals surface area contributed by atoms with E-state index >= 15 is 0 Å². The predicted molar refractivity (Wildman–Crippen MR) is 84.2 cm³/mol. The van der Waals surface area contributed by atoms with Crippen molar-refractivity contribution in [1.82, 2.24) is 10.6 Å². The Hall–Kier alpha value is -0.860. The van der Waals surface area contributed by atoms with Gasteiger partial charge in [0.05, 0.1) is 30.3 Å². The van der Waals surface area contributed by atoms with Crippen LogP contribution in [0.5, 0.6) is 0 Å². The molecule has 1 aliphatic heterocycles. The number of nitrogens with one attached hydrogen (secondary N) is 2. The van der Waals surface area contributed by atoms with Crippen molar-refractivity contribution in [3.8, 4) is 0 Å². The van der Waals surface area contributed by atoms with Gasteiger partial charge in [0.1, 0.15) is 6.10 Å². The van der Waals surface area contributed by atoms with Crippen LogP contribution >= 0.6 is 22.9 Å². The van der Waals surface area contributed by atoms with Gasteiger partial charge in [0, 0.05) is 25.0 Å². The minimum absolute atomic E-state index is 0.0262. The average molecular weight is 334 g/mol. The molecule has 0 aromatic carbocycles. The lowest BCUT2D eigenvalue weighted by Gasteiger charge is -2.24. The lowest BCUT2D eigenvalue weighted by atomic mass is 10.3. The molecule has 0 radical (unpaired) electrons. The van der Waals surface area contributed by atoms with Crippen LogP contribution in [0.4, 0.5) is 0 Å². The van der Waals surface area contributed by atoms with Gasteiger partial charge in [0.2, 0.25) is 0 Å². The van der Waals surface area contributed by atoms with E-state index in [0.29, 0.717) is 43.2 Å². The van der Waals surface area contributed by atoms with Gasteiger partial charge >= 0.3 is 0 Å². The fraction of sp³-hybridized carbons (Fsp3) is 0.615. The van der Waals surface area contributed by atoms with Crippen LogP contribution in [0, 0.1) is 0 Å². The third kappa shape index (κ3) is 5.44. The maximum atomic E-state index is 10.1. The molecule has 2 unspecified atom stereocenters. The highest BCUT2D eigenvalue weighted by Gasteiger charge is 2.15. The van der Waals surface area contributed by atoms with Crippen molar-refractivity contribution >= 4 is 28.9 Å². The van der Waals surface area contributed by atoms with E-state index in [9.17, 15) is 5.11 Å². The Bertz CT molecular complexity index is 463. The molecule has 1 saturated heterocycles. The number of thiophene rings is 1. The number of hydrogen-bond donors (Lipinski definition) is 3. The van der Waals surface area contributed by atoms with E-state index in [-0.39, 0.29) is 6.10 Å². The predicted octanol–water partition coefficient (Wildman–Crippen LogP) is 1.02. The third-order valence-electron chi connectivity index (χ3n) is 2.99. The number of aliphatic hydroxyl groups excluding tert-OH is 1. The molecule has 2 rings (SSSR count). The van der Waals surface area contributed by atoms with Crippen molar-refractivity contribution in [3.63, 3.8) is 0 Å². The molecule has 0 bridgehead atoms. The lowest BCUT2D eigenvalue weighted by molar-refractivity contribution is -0.0850. The number of rotatable bonds is 5. The van der Waals surface area contributed by atoms with Crippen molar-refractivity contribution in [1.29, 1.82) is 0 Å². The summed E-state index contributed by atoms with van der Waals surface area (Å²) in [5.41, 5.74) is 0. The van der Waals surface area contributed by atoms with Gasteiger partial charge in [-0.25, -0.2) is 0 Å². The Morgan fingerprint density at radius 3 is 3.00 bits per heavy atom. The first-order valence-corrected chi connectivity index (χ1v) is 7.95. The molecule has 2 heterocycles. The Morgan fingerprint density at radius 1 is 1.52 bits per heavy atom. The van der Waals surface area contributed by atoms with Crippen LogP contribution in [0.3, 0.4) is 0 Å². The van der Waals surface area contributed by atoms with Crippen molar-refractivity contribution in [2.75, 3.05) is 40.0 Å². The molecule has 6 nitrogen and oxygen atoms in total. The van der Waals surface area contributed by atoms with Crippen molar-refractivity contribution in [3.05, 3.63) is 21.3 Å². The second-order valence-electron chi connectivity index (χ2n) is 4.56. The third-order valence-corrected chi connectivity index (χ3v) is 4.32. The molecule has 0 aliphatic carbocycles. The molecule has 1 aliphatic rings. The van der Waals surface area contributed by atoms with Crippen LogP contribution in [0.15, 0.2) is 17.1 Å². The summed E-state index contributed by atoms with van der Waals surface area (Å²) in [6.07, 6.45) is -0.589. The van der Waals surface area contributed by atoms with Gasteiger partial charge in [-0.05, 0) is 12.1 Å². The summed E-state index contributed by atoms with van der Waals surface area (Å²) in [6, 6.07) is 3.60. The fourth-order valence-electron chi connectivity index (χ4n) is 1.89. The zero-order valence-corrected chi connectivity index (χ0v) is 13.4. The number of aliphatic hydroxyl groups is 1. The quantitative estimate of drug-likeness (QED) is 0.554. The highest BCUT2D eigenvalue weighted by atomic mass is 35.5. The molecule has 0 spiro atoms. The molecule has 2 atom stereocenters. The van der Waals surface area contributed by atoms with Gasteiger partial charge in [-0.3, -0.25) is 4.99 Å². The topological polar surface area (TPSA) is 75.1 Å². The zero-order valence-electron chi connectivity index (χ0n) is 11.8. The minimum atomic E-state index is -0.615. The van der Waals surface area contributed by atoms with Gasteiger partial charge in [-0.2, -0.15) is 0 Å². The van der Waals surface area contributed by atoms with Crippen LogP contribution in [-0.4, -0.2) is 57.1 Å². The van der Waals surface area contributed by atoms with Gasteiger partial charge in [0.25, 0.3) is 0 Å². The normalized spacial score (nSPS) is 21.1. The zero-order chi connectivity index (χ0) is 15.1. The molecule has 3 N–H and O–H groups in total. The van der Waals surface area contributed by atoms with Gasteiger partial charge < -0.3 is 25.2 Å². The Kier molecular flexibility index (Phi) is 6.72. The molecule has 1 aromatic heterocycles. The highest BCUT2D eigenvalue weighted by Crippen LogP contribution is 2.26. The van der Waals surface area contributed by atoms with Crippen LogP contribution in [-0.2, 0) is 9.47 Å². The number of nitrogens with zero attached hydrogens (tertiary/aromatic N) is 1. The molecule has 118 valence electrons. The van der Waals surface area contributed by atoms with Crippen molar-refractivity contribution < 1.29 is 14.6 Å².